The van der Waals surface area contributed by atoms with Gasteiger partial charge in [0.1, 0.15) is 5.75 Å². The number of nitrogens with zero attached hydrogens (tertiary/aromatic N) is 2. The highest BCUT2D eigenvalue weighted by molar-refractivity contribution is 5.60. The summed E-state index contributed by atoms with van der Waals surface area (Å²) in [6.45, 7) is 2.84. The molecular weight excluding hydrogens is 226 g/mol. The molecule has 2 rings (SSSR count). The molecule has 0 amide bonds. The van der Waals surface area contributed by atoms with Gasteiger partial charge in [0.2, 0.25) is 5.95 Å². The molecule has 18 heavy (non-hydrogen) atoms. The predicted octanol–water partition coefficient (Wildman–Crippen LogP) is 2.97. The molecule has 0 spiro atoms. The molecule has 0 aliphatic carbocycles. The smallest absolute Gasteiger partial charge is 0.222 e. The van der Waals surface area contributed by atoms with Gasteiger partial charge in [-0.2, -0.15) is 0 Å². The quantitative estimate of drug-likeness (QED) is 0.877. The maximum atomic E-state index is 5.55. The topological polar surface area (TPSA) is 47.0 Å². The summed E-state index contributed by atoms with van der Waals surface area (Å²) in [5.74, 6) is 1.52. The van der Waals surface area contributed by atoms with Crippen LogP contribution in [-0.2, 0) is 0 Å². The average Bonchev–Trinajstić information content (AvgIpc) is 2.46. The second-order valence-corrected chi connectivity index (χ2v) is 3.89. The van der Waals surface area contributed by atoms with Crippen molar-refractivity contribution in [3.63, 3.8) is 0 Å². The standard InChI is InChI=1S/C14H17N3O/c1-3-10-18-12-6-4-11(5-7-12)13-8-9-16-14(15-2)17-13/h4-9H,3,10H2,1-2H3,(H,15,16,17). The monoisotopic (exact) mass is 243 g/mol. The Hall–Kier alpha value is -2.10. The fourth-order valence-electron chi connectivity index (χ4n) is 1.58. The molecule has 1 aromatic carbocycles. The van der Waals surface area contributed by atoms with Crippen molar-refractivity contribution in [1.29, 1.82) is 0 Å². The third-order valence-corrected chi connectivity index (χ3v) is 2.50. The summed E-state index contributed by atoms with van der Waals surface area (Å²) >= 11 is 0. The summed E-state index contributed by atoms with van der Waals surface area (Å²) in [5, 5.41) is 2.93. The first-order valence-corrected chi connectivity index (χ1v) is 6.07. The van der Waals surface area contributed by atoms with Crippen LogP contribution in [0.3, 0.4) is 0 Å². The van der Waals surface area contributed by atoms with E-state index in [-0.39, 0.29) is 0 Å². The van der Waals surface area contributed by atoms with E-state index in [9.17, 15) is 0 Å². The number of aromatic nitrogens is 2. The molecule has 4 nitrogen and oxygen atoms in total. The number of anilines is 1. The molecule has 0 aliphatic rings. The summed E-state index contributed by atoms with van der Waals surface area (Å²) in [6.07, 6.45) is 2.76. The highest BCUT2D eigenvalue weighted by Crippen LogP contribution is 2.21. The van der Waals surface area contributed by atoms with E-state index in [1.165, 1.54) is 0 Å². The Kier molecular flexibility index (Phi) is 4.12. The Morgan fingerprint density at radius 3 is 2.61 bits per heavy atom. The fraction of sp³-hybridized carbons (Fsp3) is 0.286. The number of hydrogen-bond donors (Lipinski definition) is 1. The average molecular weight is 243 g/mol. The highest BCUT2D eigenvalue weighted by atomic mass is 16.5. The maximum absolute atomic E-state index is 5.55. The Balaban J connectivity index is 2.17. The Morgan fingerprint density at radius 1 is 1.17 bits per heavy atom. The van der Waals surface area contributed by atoms with E-state index < -0.39 is 0 Å². The minimum absolute atomic E-state index is 0.624. The number of ether oxygens (including phenoxy) is 1. The molecular formula is C14H17N3O. The van der Waals surface area contributed by atoms with Gasteiger partial charge in [-0.25, -0.2) is 9.97 Å². The first-order chi connectivity index (χ1) is 8.83. The van der Waals surface area contributed by atoms with Crippen LogP contribution in [0, 0.1) is 0 Å². The van der Waals surface area contributed by atoms with Crippen molar-refractivity contribution < 1.29 is 4.74 Å². The van der Waals surface area contributed by atoms with Crippen molar-refractivity contribution in [2.45, 2.75) is 13.3 Å². The number of rotatable bonds is 5. The summed E-state index contributed by atoms with van der Waals surface area (Å²) < 4.78 is 5.55. The second-order valence-electron chi connectivity index (χ2n) is 3.89. The summed E-state index contributed by atoms with van der Waals surface area (Å²) in [7, 11) is 1.81. The molecule has 1 heterocycles. The first-order valence-electron chi connectivity index (χ1n) is 6.07. The van der Waals surface area contributed by atoms with Gasteiger partial charge in [-0.15, -0.1) is 0 Å². The van der Waals surface area contributed by atoms with Crippen molar-refractivity contribution >= 4 is 5.95 Å². The van der Waals surface area contributed by atoms with Gasteiger partial charge in [-0.3, -0.25) is 0 Å². The number of nitrogens with one attached hydrogen (secondary N) is 1. The van der Waals surface area contributed by atoms with Crippen LogP contribution in [0.15, 0.2) is 36.5 Å². The molecule has 0 radical (unpaired) electrons. The molecule has 2 aromatic rings. The normalized spacial score (nSPS) is 10.1. The molecule has 1 N–H and O–H groups in total. The van der Waals surface area contributed by atoms with Gasteiger partial charge in [-0.1, -0.05) is 6.92 Å². The van der Waals surface area contributed by atoms with Gasteiger partial charge >= 0.3 is 0 Å². The number of hydrogen-bond acceptors (Lipinski definition) is 4. The van der Waals surface area contributed by atoms with Crippen LogP contribution in [0.25, 0.3) is 11.3 Å². The van der Waals surface area contributed by atoms with E-state index in [0.29, 0.717) is 5.95 Å². The molecule has 0 aliphatic heterocycles. The fourth-order valence-corrected chi connectivity index (χ4v) is 1.58. The van der Waals surface area contributed by atoms with E-state index in [4.69, 9.17) is 4.74 Å². The second kappa shape index (κ2) is 6.00. The van der Waals surface area contributed by atoms with Crippen LogP contribution in [0.2, 0.25) is 0 Å². The molecule has 94 valence electrons. The van der Waals surface area contributed by atoms with Crippen molar-refractivity contribution in [2.75, 3.05) is 19.0 Å². The molecule has 0 saturated heterocycles. The predicted molar refractivity (Wildman–Crippen MR) is 72.8 cm³/mol. The third-order valence-electron chi connectivity index (χ3n) is 2.50. The van der Waals surface area contributed by atoms with Gasteiger partial charge in [0.05, 0.1) is 12.3 Å². The zero-order valence-electron chi connectivity index (χ0n) is 10.7. The Labute approximate surface area is 107 Å². The van der Waals surface area contributed by atoms with Crippen LogP contribution in [0.4, 0.5) is 5.95 Å². The molecule has 1 aromatic heterocycles. The van der Waals surface area contributed by atoms with Crippen LogP contribution in [0.5, 0.6) is 5.75 Å². The molecule has 0 fully saturated rings. The van der Waals surface area contributed by atoms with Crippen molar-refractivity contribution in [3.05, 3.63) is 36.5 Å². The van der Waals surface area contributed by atoms with Crippen LogP contribution in [0.1, 0.15) is 13.3 Å². The maximum Gasteiger partial charge on any atom is 0.222 e. The molecule has 0 saturated carbocycles. The van der Waals surface area contributed by atoms with E-state index in [1.807, 2.05) is 30.3 Å². The lowest BCUT2D eigenvalue weighted by atomic mass is 10.1. The van der Waals surface area contributed by atoms with Gasteiger partial charge in [0, 0.05) is 18.8 Å². The Morgan fingerprint density at radius 2 is 1.94 bits per heavy atom. The zero-order valence-corrected chi connectivity index (χ0v) is 10.7. The minimum atomic E-state index is 0.624. The number of benzene rings is 1. The van der Waals surface area contributed by atoms with Crippen molar-refractivity contribution in [3.8, 4) is 17.0 Å². The van der Waals surface area contributed by atoms with E-state index in [1.54, 1.807) is 13.2 Å². The minimum Gasteiger partial charge on any atom is -0.494 e. The SMILES string of the molecule is CCCOc1ccc(-c2ccnc(NC)n2)cc1. The van der Waals surface area contributed by atoms with Gasteiger partial charge in [-0.05, 0) is 36.8 Å². The van der Waals surface area contributed by atoms with E-state index >= 15 is 0 Å². The van der Waals surface area contributed by atoms with E-state index in [0.717, 1.165) is 30.0 Å². The van der Waals surface area contributed by atoms with Crippen LogP contribution < -0.4 is 10.1 Å². The lowest BCUT2D eigenvalue weighted by Gasteiger charge is -2.06. The molecule has 0 atom stereocenters. The van der Waals surface area contributed by atoms with Gasteiger partial charge in [0.15, 0.2) is 0 Å². The largest absolute Gasteiger partial charge is 0.494 e. The summed E-state index contributed by atoms with van der Waals surface area (Å²) in [6, 6.07) is 9.83. The Bertz CT molecular complexity index is 497. The molecule has 0 unspecified atom stereocenters. The summed E-state index contributed by atoms with van der Waals surface area (Å²) in [4.78, 5) is 8.48. The van der Waals surface area contributed by atoms with E-state index in [2.05, 4.69) is 22.2 Å². The first kappa shape index (κ1) is 12.4. The summed E-state index contributed by atoms with van der Waals surface area (Å²) in [5.41, 5.74) is 1.95. The van der Waals surface area contributed by atoms with Crippen molar-refractivity contribution in [2.24, 2.45) is 0 Å². The van der Waals surface area contributed by atoms with Gasteiger partial charge < -0.3 is 10.1 Å². The lowest BCUT2D eigenvalue weighted by Crippen LogP contribution is -1.97. The van der Waals surface area contributed by atoms with Crippen LogP contribution >= 0.6 is 0 Å². The lowest BCUT2D eigenvalue weighted by molar-refractivity contribution is 0.317. The third kappa shape index (κ3) is 2.97. The molecule has 4 heteroatoms. The van der Waals surface area contributed by atoms with Crippen molar-refractivity contribution in [1.82, 2.24) is 9.97 Å². The van der Waals surface area contributed by atoms with Crippen LogP contribution in [-0.4, -0.2) is 23.6 Å². The zero-order chi connectivity index (χ0) is 12.8. The highest BCUT2D eigenvalue weighted by Gasteiger charge is 2.01. The van der Waals surface area contributed by atoms with Gasteiger partial charge in [0.25, 0.3) is 0 Å². The molecule has 0 bridgehead atoms.